The monoisotopic (exact) mass is 412 g/mol. The van der Waals surface area contributed by atoms with E-state index in [2.05, 4.69) is 10.6 Å². The molecule has 2 aromatic rings. The van der Waals surface area contributed by atoms with Gasteiger partial charge in [-0.25, -0.2) is 9.59 Å². The summed E-state index contributed by atoms with van der Waals surface area (Å²) in [6.45, 7) is 0.682. The maximum Gasteiger partial charge on any atom is 0.407 e. The second-order valence-corrected chi connectivity index (χ2v) is 6.95. The summed E-state index contributed by atoms with van der Waals surface area (Å²) in [6.07, 6.45) is 2.09. The topological polar surface area (TPSA) is 105 Å². The van der Waals surface area contributed by atoms with Gasteiger partial charge >= 0.3 is 12.1 Å². The van der Waals surface area contributed by atoms with E-state index in [-0.39, 0.29) is 25.4 Å². The van der Waals surface area contributed by atoms with Gasteiger partial charge in [0.2, 0.25) is 5.91 Å². The van der Waals surface area contributed by atoms with Crippen LogP contribution in [0.4, 0.5) is 4.79 Å². The first kappa shape index (κ1) is 22.9. The molecule has 1 atom stereocenters. The van der Waals surface area contributed by atoms with Crippen molar-refractivity contribution in [2.75, 3.05) is 6.54 Å². The molecule has 0 aromatic heterocycles. The molecule has 2 amide bonds. The molecule has 2 aromatic carbocycles. The summed E-state index contributed by atoms with van der Waals surface area (Å²) in [5, 5.41) is 14.6. The zero-order valence-electron chi connectivity index (χ0n) is 16.9. The van der Waals surface area contributed by atoms with Crippen LogP contribution in [0.1, 0.15) is 36.8 Å². The van der Waals surface area contributed by atoms with Crippen molar-refractivity contribution in [3.63, 3.8) is 0 Å². The molecule has 0 saturated carbocycles. The van der Waals surface area contributed by atoms with Crippen LogP contribution in [0.15, 0.2) is 60.7 Å². The maximum absolute atomic E-state index is 12.0. The maximum atomic E-state index is 12.0. The third kappa shape index (κ3) is 9.23. The molecule has 0 unspecified atom stereocenters. The Bertz CT molecular complexity index is 796. The Labute approximate surface area is 176 Å². The van der Waals surface area contributed by atoms with Crippen molar-refractivity contribution in [1.82, 2.24) is 10.6 Å². The van der Waals surface area contributed by atoms with Crippen LogP contribution < -0.4 is 10.6 Å². The third-order valence-electron chi connectivity index (χ3n) is 4.48. The van der Waals surface area contributed by atoms with Gasteiger partial charge in [0.05, 0.1) is 0 Å². The molecule has 2 rings (SSSR count). The Kier molecular flexibility index (Phi) is 9.92. The number of ether oxygens (including phenoxy) is 1. The summed E-state index contributed by atoms with van der Waals surface area (Å²) in [5.41, 5.74) is 1.78. The van der Waals surface area contributed by atoms with Crippen molar-refractivity contribution < 1.29 is 24.2 Å². The van der Waals surface area contributed by atoms with Gasteiger partial charge in [0.1, 0.15) is 12.6 Å². The van der Waals surface area contributed by atoms with E-state index in [9.17, 15) is 19.5 Å². The van der Waals surface area contributed by atoms with Crippen molar-refractivity contribution >= 4 is 18.0 Å². The standard InChI is InChI=1S/C23H28N2O5/c26-21(25-20(22(27)28)16-18-10-4-1-5-11-18)14-8-3-9-15-24-23(29)30-17-19-12-6-2-7-13-19/h1-2,4-7,10-13,20H,3,8-9,14-17H2,(H,24,29)(H,25,26)(H,27,28)/t20-/m0/s1. The predicted molar refractivity (Wildman–Crippen MR) is 113 cm³/mol. The SMILES string of the molecule is O=C(CCCCCNC(=O)OCc1ccccc1)N[C@@H](Cc1ccccc1)C(=O)O. The van der Waals surface area contributed by atoms with Gasteiger partial charge in [-0.1, -0.05) is 67.1 Å². The summed E-state index contributed by atoms with van der Waals surface area (Å²) in [7, 11) is 0. The Morgan fingerprint density at radius 3 is 2.13 bits per heavy atom. The van der Waals surface area contributed by atoms with Gasteiger partial charge in [0.25, 0.3) is 0 Å². The van der Waals surface area contributed by atoms with Crippen molar-refractivity contribution in [2.24, 2.45) is 0 Å². The lowest BCUT2D eigenvalue weighted by Gasteiger charge is -2.14. The fourth-order valence-electron chi connectivity index (χ4n) is 2.87. The molecule has 7 heteroatoms. The van der Waals surface area contributed by atoms with Crippen LogP contribution >= 0.6 is 0 Å². The molecule has 0 saturated heterocycles. The average molecular weight is 412 g/mol. The minimum Gasteiger partial charge on any atom is -0.480 e. The molecule has 3 N–H and O–H groups in total. The highest BCUT2D eigenvalue weighted by molar-refractivity contribution is 5.83. The van der Waals surface area contributed by atoms with Gasteiger partial charge in [0, 0.05) is 19.4 Å². The van der Waals surface area contributed by atoms with E-state index in [0.717, 1.165) is 17.5 Å². The van der Waals surface area contributed by atoms with Gasteiger partial charge in [-0.15, -0.1) is 0 Å². The second kappa shape index (κ2) is 13.0. The smallest absolute Gasteiger partial charge is 0.407 e. The molecule has 0 bridgehead atoms. The largest absolute Gasteiger partial charge is 0.480 e. The Morgan fingerprint density at radius 1 is 0.867 bits per heavy atom. The first-order valence-electron chi connectivity index (χ1n) is 10.0. The van der Waals surface area contributed by atoms with E-state index >= 15 is 0 Å². The summed E-state index contributed by atoms with van der Waals surface area (Å²) in [5.74, 6) is -1.33. The Hall–Kier alpha value is -3.35. The first-order chi connectivity index (χ1) is 14.5. The summed E-state index contributed by atoms with van der Waals surface area (Å²) >= 11 is 0. The fourth-order valence-corrected chi connectivity index (χ4v) is 2.87. The molecule has 7 nitrogen and oxygen atoms in total. The van der Waals surface area contributed by atoms with E-state index < -0.39 is 18.1 Å². The van der Waals surface area contributed by atoms with Crippen LogP contribution in [0.25, 0.3) is 0 Å². The highest BCUT2D eigenvalue weighted by Gasteiger charge is 2.20. The predicted octanol–water partition coefficient (Wildman–Crippen LogP) is 3.29. The van der Waals surface area contributed by atoms with E-state index in [1.54, 1.807) is 0 Å². The molecule has 0 aliphatic heterocycles. The molecule has 160 valence electrons. The summed E-state index contributed by atoms with van der Waals surface area (Å²) < 4.78 is 5.12. The number of carboxylic acids is 1. The molecule has 0 aliphatic rings. The van der Waals surface area contributed by atoms with E-state index in [1.165, 1.54) is 0 Å². The van der Waals surface area contributed by atoms with Crippen LogP contribution in [-0.4, -0.2) is 35.7 Å². The average Bonchev–Trinajstić information content (AvgIpc) is 2.75. The number of hydrogen-bond acceptors (Lipinski definition) is 4. The molecule has 0 spiro atoms. The van der Waals surface area contributed by atoms with Gasteiger partial charge in [-0.2, -0.15) is 0 Å². The number of amides is 2. The summed E-state index contributed by atoms with van der Waals surface area (Å²) in [6, 6.07) is 17.7. The number of carboxylic acid groups (broad SMARTS) is 1. The normalized spacial score (nSPS) is 11.3. The molecule has 0 heterocycles. The molecular weight excluding hydrogens is 384 g/mol. The number of aliphatic carboxylic acids is 1. The number of hydrogen-bond donors (Lipinski definition) is 3. The Balaban J connectivity index is 1.55. The number of benzene rings is 2. The lowest BCUT2D eigenvalue weighted by molar-refractivity contribution is -0.141. The van der Waals surface area contributed by atoms with Crippen molar-refractivity contribution in [3.05, 3.63) is 71.8 Å². The first-order valence-corrected chi connectivity index (χ1v) is 10.0. The summed E-state index contributed by atoms with van der Waals surface area (Å²) in [4.78, 5) is 35.1. The van der Waals surface area contributed by atoms with E-state index in [1.807, 2.05) is 60.7 Å². The highest BCUT2D eigenvalue weighted by Crippen LogP contribution is 2.05. The van der Waals surface area contributed by atoms with Gasteiger partial charge < -0.3 is 20.5 Å². The van der Waals surface area contributed by atoms with Crippen LogP contribution in [-0.2, 0) is 27.4 Å². The number of carbonyl (C=O) groups excluding carboxylic acids is 2. The minimum atomic E-state index is -1.05. The fraction of sp³-hybridized carbons (Fsp3) is 0.348. The van der Waals surface area contributed by atoms with Crippen LogP contribution in [0.5, 0.6) is 0 Å². The van der Waals surface area contributed by atoms with Crippen LogP contribution in [0.2, 0.25) is 0 Å². The minimum absolute atomic E-state index is 0.223. The number of nitrogens with one attached hydrogen (secondary N) is 2. The molecule has 0 radical (unpaired) electrons. The Morgan fingerprint density at radius 2 is 1.50 bits per heavy atom. The number of carbonyl (C=O) groups is 3. The quantitative estimate of drug-likeness (QED) is 0.464. The number of unbranched alkanes of at least 4 members (excludes halogenated alkanes) is 2. The lowest BCUT2D eigenvalue weighted by atomic mass is 10.1. The van der Waals surface area contributed by atoms with Crippen molar-refractivity contribution in [1.29, 1.82) is 0 Å². The molecule has 0 aliphatic carbocycles. The van der Waals surface area contributed by atoms with Crippen molar-refractivity contribution in [3.8, 4) is 0 Å². The van der Waals surface area contributed by atoms with E-state index in [4.69, 9.17) is 4.74 Å². The zero-order valence-corrected chi connectivity index (χ0v) is 16.9. The zero-order chi connectivity index (χ0) is 21.6. The number of alkyl carbamates (subject to hydrolysis) is 1. The highest BCUT2D eigenvalue weighted by atomic mass is 16.5. The molecule has 0 fully saturated rings. The van der Waals surface area contributed by atoms with Gasteiger partial charge in [-0.3, -0.25) is 4.79 Å². The van der Waals surface area contributed by atoms with E-state index in [0.29, 0.717) is 19.4 Å². The molecular formula is C23H28N2O5. The number of rotatable bonds is 12. The third-order valence-corrected chi connectivity index (χ3v) is 4.48. The second-order valence-electron chi connectivity index (χ2n) is 6.95. The van der Waals surface area contributed by atoms with Crippen LogP contribution in [0.3, 0.4) is 0 Å². The lowest BCUT2D eigenvalue weighted by Crippen LogP contribution is -2.42. The van der Waals surface area contributed by atoms with Crippen LogP contribution in [0, 0.1) is 0 Å². The van der Waals surface area contributed by atoms with Gasteiger partial charge in [0.15, 0.2) is 0 Å². The van der Waals surface area contributed by atoms with Crippen molar-refractivity contribution in [2.45, 2.75) is 44.8 Å². The molecule has 30 heavy (non-hydrogen) atoms. The van der Waals surface area contributed by atoms with Gasteiger partial charge in [-0.05, 0) is 24.0 Å².